The third kappa shape index (κ3) is 4.11. The Morgan fingerprint density at radius 3 is 2.83 bits per heavy atom. The van der Waals surface area contributed by atoms with E-state index in [0.29, 0.717) is 12.1 Å². The number of ether oxygens (including phenoxy) is 1. The minimum Gasteiger partial charge on any atom is -0.378 e. The lowest BCUT2D eigenvalue weighted by molar-refractivity contribution is 0.102. The number of benzene rings is 1. The molecule has 2 atom stereocenters. The smallest absolute Gasteiger partial charge is 0.0576 e. The van der Waals surface area contributed by atoms with Crippen molar-refractivity contribution in [1.82, 2.24) is 5.32 Å². The van der Waals surface area contributed by atoms with Crippen molar-refractivity contribution in [3.63, 3.8) is 0 Å². The van der Waals surface area contributed by atoms with Crippen LogP contribution in [0.1, 0.15) is 50.6 Å². The molecule has 2 heteroatoms. The van der Waals surface area contributed by atoms with Gasteiger partial charge >= 0.3 is 0 Å². The number of hydrogen-bond donors (Lipinski definition) is 1. The van der Waals surface area contributed by atoms with Crippen molar-refractivity contribution < 1.29 is 4.74 Å². The lowest BCUT2D eigenvalue weighted by Crippen LogP contribution is -2.22. The molecule has 0 saturated carbocycles. The minimum atomic E-state index is 0.496. The topological polar surface area (TPSA) is 21.3 Å². The van der Waals surface area contributed by atoms with Crippen molar-refractivity contribution >= 4 is 0 Å². The van der Waals surface area contributed by atoms with Crippen molar-refractivity contribution in [2.75, 3.05) is 13.2 Å². The van der Waals surface area contributed by atoms with Crippen LogP contribution in [0.15, 0.2) is 30.3 Å². The van der Waals surface area contributed by atoms with Gasteiger partial charge in [0.1, 0.15) is 0 Å². The average molecular weight is 247 g/mol. The molecule has 1 fully saturated rings. The highest BCUT2D eigenvalue weighted by molar-refractivity contribution is 5.18. The van der Waals surface area contributed by atoms with Gasteiger partial charge in [-0.3, -0.25) is 0 Å². The van der Waals surface area contributed by atoms with Crippen molar-refractivity contribution in [3.05, 3.63) is 35.9 Å². The summed E-state index contributed by atoms with van der Waals surface area (Å²) in [6, 6.07) is 11.2. The van der Waals surface area contributed by atoms with E-state index in [-0.39, 0.29) is 0 Å². The molecular formula is C16H25NO. The van der Waals surface area contributed by atoms with Crippen LogP contribution in [0.25, 0.3) is 0 Å². The Labute approximate surface area is 111 Å². The predicted molar refractivity (Wildman–Crippen MR) is 75.7 cm³/mol. The molecule has 0 aromatic heterocycles. The first-order valence-electron chi connectivity index (χ1n) is 7.30. The van der Waals surface area contributed by atoms with Crippen LogP contribution in [0.5, 0.6) is 0 Å². The summed E-state index contributed by atoms with van der Waals surface area (Å²) in [5.41, 5.74) is 1.40. The van der Waals surface area contributed by atoms with Crippen molar-refractivity contribution in [3.8, 4) is 0 Å². The number of nitrogens with one attached hydrogen (secondary N) is 1. The summed E-state index contributed by atoms with van der Waals surface area (Å²) in [6.07, 6.45) is 6.61. The molecule has 18 heavy (non-hydrogen) atoms. The lowest BCUT2D eigenvalue weighted by Gasteiger charge is -2.18. The zero-order valence-corrected chi connectivity index (χ0v) is 11.4. The van der Waals surface area contributed by atoms with Gasteiger partial charge < -0.3 is 10.1 Å². The average Bonchev–Trinajstić information content (AvgIpc) is 2.93. The molecule has 1 aliphatic heterocycles. The Balaban J connectivity index is 1.67. The van der Waals surface area contributed by atoms with Crippen LogP contribution in [0.2, 0.25) is 0 Å². The van der Waals surface area contributed by atoms with Crippen molar-refractivity contribution in [1.29, 1.82) is 0 Å². The summed E-state index contributed by atoms with van der Waals surface area (Å²) in [5, 5.41) is 3.65. The molecule has 2 nitrogen and oxygen atoms in total. The second-order valence-corrected chi connectivity index (χ2v) is 5.10. The Hall–Kier alpha value is -0.860. The molecule has 100 valence electrons. The van der Waals surface area contributed by atoms with Crippen LogP contribution in [0.3, 0.4) is 0 Å². The Morgan fingerprint density at radius 1 is 1.33 bits per heavy atom. The SMILES string of the molecule is CCC(NCCCC1CCCO1)c1ccccc1. The third-order valence-electron chi connectivity index (χ3n) is 3.73. The summed E-state index contributed by atoms with van der Waals surface area (Å²) in [7, 11) is 0. The fourth-order valence-electron chi connectivity index (χ4n) is 2.66. The van der Waals surface area contributed by atoms with E-state index >= 15 is 0 Å². The van der Waals surface area contributed by atoms with E-state index in [1.54, 1.807) is 0 Å². The van der Waals surface area contributed by atoms with E-state index in [1.165, 1.54) is 31.2 Å². The fourth-order valence-corrected chi connectivity index (χ4v) is 2.66. The molecule has 0 bridgehead atoms. The van der Waals surface area contributed by atoms with Crippen LogP contribution in [0, 0.1) is 0 Å². The molecule has 2 rings (SSSR count). The summed E-state index contributed by atoms with van der Waals surface area (Å²) in [4.78, 5) is 0. The standard InChI is InChI=1S/C16H25NO/c1-2-16(14-8-4-3-5-9-14)17-12-6-10-15-11-7-13-18-15/h3-5,8-9,15-17H,2,6-7,10-13H2,1H3. The molecule has 0 radical (unpaired) electrons. The van der Waals surface area contributed by atoms with E-state index < -0.39 is 0 Å². The quantitative estimate of drug-likeness (QED) is 0.742. The minimum absolute atomic E-state index is 0.496. The van der Waals surface area contributed by atoms with Gasteiger partial charge in [0.05, 0.1) is 6.10 Å². The van der Waals surface area contributed by atoms with E-state index in [9.17, 15) is 0 Å². The number of hydrogen-bond acceptors (Lipinski definition) is 2. The molecule has 0 aliphatic carbocycles. The summed E-state index contributed by atoms with van der Waals surface area (Å²) < 4.78 is 5.64. The second-order valence-electron chi connectivity index (χ2n) is 5.10. The fraction of sp³-hybridized carbons (Fsp3) is 0.625. The highest BCUT2D eigenvalue weighted by Gasteiger charge is 2.15. The molecule has 1 N–H and O–H groups in total. The van der Waals surface area contributed by atoms with Gasteiger partial charge in [-0.1, -0.05) is 37.3 Å². The molecule has 1 aromatic rings. The first-order valence-corrected chi connectivity index (χ1v) is 7.30. The first kappa shape index (κ1) is 13.6. The van der Waals surface area contributed by atoms with Gasteiger partial charge in [-0.25, -0.2) is 0 Å². The van der Waals surface area contributed by atoms with Gasteiger partial charge in [0.2, 0.25) is 0 Å². The Kier molecular flexibility index (Phi) is 5.69. The largest absolute Gasteiger partial charge is 0.378 e. The molecule has 2 unspecified atom stereocenters. The highest BCUT2D eigenvalue weighted by Crippen LogP contribution is 2.18. The van der Waals surface area contributed by atoms with Gasteiger partial charge in [0, 0.05) is 12.6 Å². The van der Waals surface area contributed by atoms with E-state index in [0.717, 1.165) is 19.6 Å². The van der Waals surface area contributed by atoms with Gasteiger partial charge in [-0.2, -0.15) is 0 Å². The second kappa shape index (κ2) is 7.55. The van der Waals surface area contributed by atoms with Crippen LogP contribution in [0.4, 0.5) is 0 Å². The first-order chi connectivity index (χ1) is 8.90. The summed E-state index contributed by atoms with van der Waals surface area (Å²) >= 11 is 0. The molecule has 1 aliphatic rings. The van der Waals surface area contributed by atoms with Gasteiger partial charge in [-0.05, 0) is 44.2 Å². The van der Waals surface area contributed by atoms with Gasteiger partial charge in [-0.15, -0.1) is 0 Å². The molecular weight excluding hydrogens is 222 g/mol. The third-order valence-corrected chi connectivity index (χ3v) is 3.73. The highest BCUT2D eigenvalue weighted by atomic mass is 16.5. The maximum absolute atomic E-state index is 5.64. The van der Waals surface area contributed by atoms with E-state index in [2.05, 4.69) is 42.6 Å². The van der Waals surface area contributed by atoms with Gasteiger partial charge in [0.25, 0.3) is 0 Å². The maximum Gasteiger partial charge on any atom is 0.0576 e. The normalized spacial score (nSPS) is 21.1. The zero-order chi connectivity index (χ0) is 12.6. The lowest BCUT2D eigenvalue weighted by atomic mass is 10.0. The van der Waals surface area contributed by atoms with Crippen LogP contribution in [-0.2, 0) is 4.74 Å². The van der Waals surface area contributed by atoms with Crippen molar-refractivity contribution in [2.45, 2.75) is 51.2 Å². The van der Waals surface area contributed by atoms with E-state index in [4.69, 9.17) is 4.74 Å². The Bertz CT molecular complexity index is 319. The molecule has 1 aromatic carbocycles. The summed E-state index contributed by atoms with van der Waals surface area (Å²) in [6.45, 7) is 4.30. The Morgan fingerprint density at radius 2 is 2.17 bits per heavy atom. The number of rotatable bonds is 7. The van der Waals surface area contributed by atoms with Crippen LogP contribution >= 0.6 is 0 Å². The molecule has 0 spiro atoms. The van der Waals surface area contributed by atoms with Gasteiger partial charge in [0.15, 0.2) is 0 Å². The maximum atomic E-state index is 5.64. The predicted octanol–water partition coefficient (Wildman–Crippen LogP) is 3.69. The molecule has 1 heterocycles. The van der Waals surface area contributed by atoms with Crippen LogP contribution < -0.4 is 5.32 Å². The monoisotopic (exact) mass is 247 g/mol. The van der Waals surface area contributed by atoms with Crippen molar-refractivity contribution in [2.24, 2.45) is 0 Å². The summed E-state index contributed by atoms with van der Waals surface area (Å²) in [5.74, 6) is 0. The zero-order valence-electron chi connectivity index (χ0n) is 11.4. The van der Waals surface area contributed by atoms with E-state index in [1.807, 2.05) is 0 Å². The molecule has 0 amide bonds. The molecule has 1 saturated heterocycles. The van der Waals surface area contributed by atoms with Crippen LogP contribution in [-0.4, -0.2) is 19.3 Å².